The van der Waals surface area contributed by atoms with E-state index >= 15 is 0 Å². The molecule has 0 aliphatic heterocycles. The molecule has 0 aliphatic carbocycles. The maximum absolute atomic E-state index is 12.4. The zero-order valence-electron chi connectivity index (χ0n) is 13.6. The maximum Gasteiger partial charge on any atom is 0.435 e. The molecule has 1 heterocycles. The second kappa shape index (κ2) is 8.24. The van der Waals surface area contributed by atoms with E-state index in [1.807, 2.05) is 25.1 Å². The molecule has 126 valence electrons. The third-order valence-electron chi connectivity index (χ3n) is 3.15. The van der Waals surface area contributed by atoms with Crippen molar-refractivity contribution in [3.8, 4) is 0 Å². The topological polar surface area (TPSA) is 77.5 Å². The van der Waals surface area contributed by atoms with Gasteiger partial charge in [0.25, 0.3) is 6.20 Å². The highest BCUT2D eigenvalue weighted by Crippen LogP contribution is 2.47. The van der Waals surface area contributed by atoms with Crippen LogP contribution in [0.15, 0.2) is 41.1 Å². The fourth-order valence-electron chi connectivity index (χ4n) is 2.14. The van der Waals surface area contributed by atoms with Gasteiger partial charge in [-0.1, -0.05) is 30.3 Å². The van der Waals surface area contributed by atoms with Crippen molar-refractivity contribution in [3.63, 3.8) is 0 Å². The van der Waals surface area contributed by atoms with Crippen LogP contribution < -0.4 is 9.77 Å². The highest BCUT2D eigenvalue weighted by atomic mass is 31.2. The van der Waals surface area contributed by atoms with Crippen LogP contribution in [-0.4, -0.2) is 18.5 Å². The molecule has 0 saturated heterocycles. The number of hydrogen-bond acceptors (Lipinski definition) is 5. The van der Waals surface area contributed by atoms with Crippen molar-refractivity contribution < 1.29 is 22.8 Å². The summed E-state index contributed by atoms with van der Waals surface area (Å²) in [6.45, 7) is 6.06. The van der Waals surface area contributed by atoms with Crippen LogP contribution in [0.25, 0.3) is 0 Å². The zero-order valence-corrected chi connectivity index (χ0v) is 14.5. The van der Waals surface area contributed by atoms with Gasteiger partial charge < -0.3 is 0 Å². The Labute approximate surface area is 136 Å². The van der Waals surface area contributed by atoms with E-state index in [4.69, 9.17) is 13.6 Å². The molecule has 8 heteroatoms. The third kappa shape index (κ3) is 5.16. The predicted molar refractivity (Wildman–Crippen MR) is 86.0 cm³/mol. The average molecular weight is 340 g/mol. The summed E-state index contributed by atoms with van der Waals surface area (Å²) < 4.78 is 29.6. The average Bonchev–Trinajstić information content (AvgIpc) is 2.97. The number of hydrogen-bond donors (Lipinski definition) is 1. The summed E-state index contributed by atoms with van der Waals surface area (Å²) >= 11 is 0. The maximum atomic E-state index is 12.4. The molecule has 1 aromatic carbocycles. The van der Waals surface area contributed by atoms with Crippen LogP contribution in [0, 0.1) is 0 Å². The van der Waals surface area contributed by atoms with E-state index in [0.29, 0.717) is 0 Å². The molecular formula is C15H23N3O4P+. The molecule has 1 N–H and O–H groups in total. The standard InChI is InChI=1S/C15H23N3O4P/c1-4-20-23(19,21-5-2)16-15-12-18(17-22-15)13(3)11-14-9-7-6-8-10-14/h6-10,12-13H,4-5,11H2,1-3H3,(H,16,19)/q+1. The van der Waals surface area contributed by atoms with Gasteiger partial charge in [0.2, 0.25) is 5.27 Å². The Hall–Kier alpha value is -1.69. The molecule has 23 heavy (non-hydrogen) atoms. The molecule has 0 aliphatic rings. The van der Waals surface area contributed by atoms with Gasteiger partial charge in [-0.3, -0.25) is 18.7 Å². The molecule has 0 bridgehead atoms. The first-order valence-electron chi connectivity index (χ1n) is 7.65. The molecule has 1 unspecified atom stereocenters. The number of anilines is 1. The summed E-state index contributed by atoms with van der Waals surface area (Å²) in [5.74, 6) is 0.246. The second-order valence-electron chi connectivity index (χ2n) is 5.03. The molecule has 0 spiro atoms. The van der Waals surface area contributed by atoms with E-state index in [9.17, 15) is 4.57 Å². The minimum absolute atomic E-state index is 0.0928. The van der Waals surface area contributed by atoms with Crippen molar-refractivity contribution in [3.05, 3.63) is 42.1 Å². The number of nitrogens with zero attached hydrogens (tertiary/aromatic N) is 2. The van der Waals surface area contributed by atoms with E-state index in [0.717, 1.165) is 6.42 Å². The summed E-state index contributed by atoms with van der Waals surface area (Å²) in [5.41, 5.74) is 1.21. The first-order chi connectivity index (χ1) is 11.1. The Balaban J connectivity index is 2.03. The molecule has 2 aromatic rings. The lowest BCUT2D eigenvalue weighted by molar-refractivity contribution is -0.782. The van der Waals surface area contributed by atoms with Gasteiger partial charge in [-0.2, -0.15) is 0 Å². The highest BCUT2D eigenvalue weighted by Gasteiger charge is 2.28. The minimum Gasteiger partial charge on any atom is -0.293 e. The number of aromatic nitrogens is 2. The first-order valence-corrected chi connectivity index (χ1v) is 9.20. The normalized spacial score (nSPS) is 13.0. The molecule has 1 aromatic heterocycles. The van der Waals surface area contributed by atoms with Gasteiger partial charge in [0.15, 0.2) is 6.04 Å². The van der Waals surface area contributed by atoms with E-state index in [1.54, 1.807) is 24.7 Å². The van der Waals surface area contributed by atoms with Crippen LogP contribution in [0.3, 0.4) is 0 Å². The van der Waals surface area contributed by atoms with Gasteiger partial charge >= 0.3 is 13.6 Å². The molecule has 0 amide bonds. The fraction of sp³-hybridized carbons (Fsp3) is 0.467. The number of rotatable bonds is 9. The number of nitrogens with one attached hydrogen (secondary N) is 1. The first kappa shape index (κ1) is 17.7. The number of benzene rings is 1. The minimum atomic E-state index is -3.42. The van der Waals surface area contributed by atoms with Gasteiger partial charge in [-0.15, -0.1) is 0 Å². The Bertz CT molecular complexity index is 637. The second-order valence-corrected chi connectivity index (χ2v) is 6.76. The largest absolute Gasteiger partial charge is 0.435 e. The van der Waals surface area contributed by atoms with Gasteiger partial charge in [0.05, 0.1) is 13.2 Å². The van der Waals surface area contributed by atoms with E-state index in [1.165, 1.54) is 5.56 Å². The van der Waals surface area contributed by atoms with Crippen LogP contribution in [0.2, 0.25) is 0 Å². The molecule has 7 nitrogen and oxygen atoms in total. The van der Waals surface area contributed by atoms with E-state index in [-0.39, 0.29) is 25.1 Å². The Morgan fingerprint density at radius 3 is 2.52 bits per heavy atom. The van der Waals surface area contributed by atoms with Crippen LogP contribution >= 0.6 is 7.75 Å². The highest BCUT2D eigenvalue weighted by molar-refractivity contribution is 7.55. The monoisotopic (exact) mass is 340 g/mol. The van der Waals surface area contributed by atoms with Crippen molar-refractivity contribution in [1.29, 1.82) is 0 Å². The molecule has 1 atom stereocenters. The summed E-state index contributed by atoms with van der Waals surface area (Å²) in [7, 11) is -3.42. The molecule has 0 saturated carbocycles. The Morgan fingerprint density at radius 2 is 1.91 bits per heavy atom. The van der Waals surface area contributed by atoms with Gasteiger partial charge in [0, 0.05) is 13.3 Å². The van der Waals surface area contributed by atoms with Gasteiger partial charge in [0.1, 0.15) is 0 Å². The van der Waals surface area contributed by atoms with Crippen molar-refractivity contribution in [2.45, 2.75) is 33.2 Å². The SMILES string of the molecule is CCOP(=O)(Nc1c[n+](C(C)Cc2ccccc2)no1)OCC. The fourth-order valence-corrected chi connectivity index (χ4v) is 3.39. The van der Waals surface area contributed by atoms with Crippen LogP contribution in [0.5, 0.6) is 0 Å². The van der Waals surface area contributed by atoms with E-state index in [2.05, 4.69) is 22.5 Å². The molecule has 0 radical (unpaired) electrons. The lowest BCUT2D eigenvalue weighted by Crippen LogP contribution is -2.40. The summed E-state index contributed by atoms with van der Waals surface area (Å²) in [6.07, 6.45) is 2.46. The predicted octanol–water partition coefficient (Wildman–Crippen LogP) is 3.36. The smallest absolute Gasteiger partial charge is 0.293 e. The lowest BCUT2D eigenvalue weighted by atomic mass is 10.1. The summed E-state index contributed by atoms with van der Waals surface area (Å²) in [5, 5.41) is 6.62. The lowest BCUT2D eigenvalue weighted by Gasteiger charge is -2.15. The van der Waals surface area contributed by atoms with Crippen molar-refractivity contribution in [2.24, 2.45) is 0 Å². The molecule has 2 rings (SSSR count). The van der Waals surface area contributed by atoms with Crippen LogP contribution in [0.1, 0.15) is 32.4 Å². The van der Waals surface area contributed by atoms with Crippen molar-refractivity contribution in [2.75, 3.05) is 18.3 Å². The van der Waals surface area contributed by atoms with Crippen LogP contribution in [-0.2, 0) is 20.0 Å². The third-order valence-corrected chi connectivity index (χ3v) is 4.84. The zero-order chi connectivity index (χ0) is 16.7. The molecular weight excluding hydrogens is 317 g/mol. The van der Waals surface area contributed by atoms with Gasteiger partial charge in [-0.05, 0) is 24.1 Å². The Kier molecular flexibility index (Phi) is 6.33. The van der Waals surface area contributed by atoms with Crippen molar-refractivity contribution >= 4 is 13.6 Å². The summed E-state index contributed by atoms with van der Waals surface area (Å²) in [4.78, 5) is 0. The summed E-state index contributed by atoms with van der Waals surface area (Å²) in [6, 6.07) is 10.2. The van der Waals surface area contributed by atoms with Crippen LogP contribution in [0.4, 0.5) is 5.88 Å². The van der Waals surface area contributed by atoms with Crippen molar-refractivity contribution in [1.82, 2.24) is 5.27 Å². The quantitative estimate of drug-likeness (QED) is 0.557. The molecule has 0 fully saturated rings. The Morgan fingerprint density at radius 1 is 1.26 bits per heavy atom. The van der Waals surface area contributed by atoms with E-state index < -0.39 is 7.75 Å². The van der Waals surface area contributed by atoms with Gasteiger partial charge in [-0.25, -0.2) is 4.57 Å².